The summed E-state index contributed by atoms with van der Waals surface area (Å²) < 4.78 is 9.68. The normalized spacial score (nSPS) is 11.0. The van der Waals surface area contributed by atoms with Crippen LogP contribution >= 0.6 is 11.3 Å². The maximum atomic E-state index is 11.8. The summed E-state index contributed by atoms with van der Waals surface area (Å²) in [6, 6.07) is 3.32. The molecule has 94 valence electrons. The Labute approximate surface area is 104 Å². The number of carbonyl (C=O) groups excluding carboxylic acids is 2. The maximum absolute atomic E-state index is 11.8. The molecule has 0 bridgehead atoms. The molecule has 1 rings (SSSR count). The molecule has 2 N–H and O–H groups in total. The standard InChI is InChI=1S/C11H15NO4S/c1-3-15-9(13)11(12,10(14)16-4-2)8-6-5-7-17-8/h5-7H,3-4,12H2,1-2H3. The van der Waals surface area contributed by atoms with Crippen LogP contribution in [0.1, 0.15) is 18.7 Å². The van der Waals surface area contributed by atoms with Crippen molar-refractivity contribution in [1.82, 2.24) is 0 Å². The fourth-order valence-corrected chi connectivity index (χ4v) is 2.09. The number of carbonyl (C=O) groups is 2. The van der Waals surface area contributed by atoms with Gasteiger partial charge in [-0.3, -0.25) is 0 Å². The Morgan fingerprint density at radius 1 is 1.29 bits per heavy atom. The van der Waals surface area contributed by atoms with Gasteiger partial charge in [0, 0.05) is 4.88 Å². The van der Waals surface area contributed by atoms with Gasteiger partial charge in [-0.25, -0.2) is 9.59 Å². The first kappa shape index (κ1) is 13.7. The van der Waals surface area contributed by atoms with Crippen LogP contribution in [0.25, 0.3) is 0 Å². The monoisotopic (exact) mass is 257 g/mol. The number of nitrogens with two attached hydrogens (primary N) is 1. The summed E-state index contributed by atoms with van der Waals surface area (Å²) in [6.45, 7) is 3.61. The highest BCUT2D eigenvalue weighted by molar-refractivity contribution is 7.10. The van der Waals surface area contributed by atoms with Crippen LogP contribution in [-0.2, 0) is 24.6 Å². The van der Waals surface area contributed by atoms with Crippen LogP contribution in [0, 0.1) is 0 Å². The van der Waals surface area contributed by atoms with Crippen LogP contribution < -0.4 is 5.73 Å². The Balaban J connectivity index is 3.09. The highest BCUT2D eigenvalue weighted by atomic mass is 32.1. The number of rotatable bonds is 5. The molecule has 17 heavy (non-hydrogen) atoms. The van der Waals surface area contributed by atoms with E-state index in [2.05, 4.69) is 0 Å². The fraction of sp³-hybridized carbons (Fsp3) is 0.455. The molecular weight excluding hydrogens is 242 g/mol. The van der Waals surface area contributed by atoms with Crippen molar-refractivity contribution in [3.05, 3.63) is 22.4 Å². The minimum atomic E-state index is -1.86. The van der Waals surface area contributed by atoms with Crippen molar-refractivity contribution in [2.24, 2.45) is 5.73 Å². The molecule has 6 heteroatoms. The van der Waals surface area contributed by atoms with Gasteiger partial charge in [0.15, 0.2) is 0 Å². The Bertz CT molecular complexity index is 370. The topological polar surface area (TPSA) is 78.6 Å². The van der Waals surface area contributed by atoms with Crippen LogP contribution in [0.5, 0.6) is 0 Å². The van der Waals surface area contributed by atoms with Gasteiger partial charge in [-0.05, 0) is 25.3 Å². The zero-order valence-corrected chi connectivity index (χ0v) is 10.6. The molecule has 0 saturated heterocycles. The molecule has 1 heterocycles. The van der Waals surface area contributed by atoms with Crippen LogP contribution in [0.3, 0.4) is 0 Å². The second-order valence-electron chi connectivity index (χ2n) is 3.23. The van der Waals surface area contributed by atoms with E-state index in [9.17, 15) is 9.59 Å². The summed E-state index contributed by atoms with van der Waals surface area (Å²) in [4.78, 5) is 24.1. The number of hydrogen-bond acceptors (Lipinski definition) is 6. The van der Waals surface area contributed by atoms with Crippen molar-refractivity contribution < 1.29 is 19.1 Å². The van der Waals surface area contributed by atoms with E-state index in [1.165, 1.54) is 11.3 Å². The Morgan fingerprint density at radius 2 is 1.82 bits per heavy atom. The van der Waals surface area contributed by atoms with E-state index >= 15 is 0 Å². The molecule has 0 radical (unpaired) electrons. The average Bonchev–Trinajstić information content (AvgIpc) is 2.82. The molecule has 0 aromatic carbocycles. The zero-order valence-electron chi connectivity index (χ0n) is 9.76. The average molecular weight is 257 g/mol. The summed E-state index contributed by atoms with van der Waals surface area (Å²) in [5.41, 5.74) is 4.02. The third kappa shape index (κ3) is 2.65. The summed E-state index contributed by atoms with van der Waals surface area (Å²) >= 11 is 1.21. The summed E-state index contributed by atoms with van der Waals surface area (Å²) in [5.74, 6) is -1.58. The van der Waals surface area contributed by atoms with Gasteiger partial charge in [-0.2, -0.15) is 0 Å². The predicted octanol–water partition coefficient (Wildman–Crippen LogP) is 1.03. The number of ether oxygens (including phenoxy) is 2. The lowest BCUT2D eigenvalue weighted by atomic mass is 9.99. The van der Waals surface area contributed by atoms with E-state index in [1.807, 2.05) is 0 Å². The smallest absolute Gasteiger partial charge is 0.343 e. The molecule has 5 nitrogen and oxygen atoms in total. The molecule has 0 aliphatic carbocycles. The minimum Gasteiger partial charge on any atom is -0.464 e. The van der Waals surface area contributed by atoms with Crippen molar-refractivity contribution in [3.63, 3.8) is 0 Å². The third-order valence-electron chi connectivity index (χ3n) is 2.10. The Morgan fingerprint density at radius 3 is 2.18 bits per heavy atom. The van der Waals surface area contributed by atoms with Gasteiger partial charge < -0.3 is 15.2 Å². The first-order valence-corrected chi connectivity index (χ1v) is 6.12. The van der Waals surface area contributed by atoms with Crippen molar-refractivity contribution >= 4 is 23.3 Å². The van der Waals surface area contributed by atoms with E-state index in [0.717, 1.165) is 0 Å². The Kier molecular flexibility index (Phi) is 4.65. The lowest BCUT2D eigenvalue weighted by Gasteiger charge is -2.23. The number of esters is 2. The summed E-state index contributed by atoms with van der Waals surface area (Å²) in [6.07, 6.45) is 0. The van der Waals surface area contributed by atoms with E-state index < -0.39 is 17.5 Å². The van der Waals surface area contributed by atoms with Gasteiger partial charge in [0.2, 0.25) is 5.54 Å². The van der Waals surface area contributed by atoms with E-state index in [1.54, 1.807) is 31.4 Å². The molecule has 0 aliphatic heterocycles. The molecular formula is C11H15NO4S. The molecule has 1 aromatic rings. The highest BCUT2D eigenvalue weighted by Gasteiger charge is 2.48. The summed E-state index contributed by atoms with van der Waals surface area (Å²) in [5, 5.41) is 1.73. The van der Waals surface area contributed by atoms with E-state index in [0.29, 0.717) is 4.88 Å². The Hall–Kier alpha value is -1.40. The molecule has 0 amide bonds. The van der Waals surface area contributed by atoms with Crippen molar-refractivity contribution in [1.29, 1.82) is 0 Å². The fourth-order valence-electron chi connectivity index (χ4n) is 1.28. The van der Waals surface area contributed by atoms with Gasteiger partial charge in [0.25, 0.3) is 0 Å². The van der Waals surface area contributed by atoms with Crippen molar-refractivity contribution in [2.45, 2.75) is 19.4 Å². The van der Waals surface area contributed by atoms with Gasteiger partial charge in [-0.15, -0.1) is 11.3 Å². The molecule has 0 atom stereocenters. The third-order valence-corrected chi connectivity index (χ3v) is 3.11. The van der Waals surface area contributed by atoms with Gasteiger partial charge in [0.1, 0.15) is 0 Å². The van der Waals surface area contributed by atoms with Crippen molar-refractivity contribution in [2.75, 3.05) is 13.2 Å². The predicted molar refractivity (Wildman–Crippen MR) is 63.5 cm³/mol. The van der Waals surface area contributed by atoms with Gasteiger partial charge in [-0.1, -0.05) is 6.07 Å². The second kappa shape index (κ2) is 5.79. The quantitative estimate of drug-likeness (QED) is 0.629. The first-order chi connectivity index (χ1) is 8.07. The van der Waals surface area contributed by atoms with Crippen LogP contribution in [0.4, 0.5) is 0 Å². The molecule has 0 unspecified atom stereocenters. The number of hydrogen-bond donors (Lipinski definition) is 1. The van der Waals surface area contributed by atoms with Gasteiger partial charge >= 0.3 is 11.9 Å². The minimum absolute atomic E-state index is 0.155. The van der Waals surface area contributed by atoms with Crippen LogP contribution in [0.15, 0.2) is 17.5 Å². The molecule has 0 aliphatic rings. The lowest BCUT2D eigenvalue weighted by Crippen LogP contribution is -2.53. The SMILES string of the molecule is CCOC(=O)C(N)(C(=O)OCC)c1cccs1. The molecule has 0 fully saturated rings. The highest BCUT2D eigenvalue weighted by Crippen LogP contribution is 2.26. The summed E-state index contributed by atoms with van der Waals surface area (Å²) in [7, 11) is 0. The van der Waals surface area contributed by atoms with Crippen LogP contribution in [-0.4, -0.2) is 25.2 Å². The molecule has 0 saturated carbocycles. The van der Waals surface area contributed by atoms with E-state index in [4.69, 9.17) is 15.2 Å². The molecule has 0 spiro atoms. The lowest BCUT2D eigenvalue weighted by molar-refractivity contribution is -0.164. The maximum Gasteiger partial charge on any atom is 0.343 e. The molecule has 1 aromatic heterocycles. The zero-order chi connectivity index (χ0) is 12.9. The second-order valence-corrected chi connectivity index (χ2v) is 4.17. The van der Waals surface area contributed by atoms with Crippen molar-refractivity contribution in [3.8, 4) is 0 Å². The largest absolute Gasteiger partial charge is 0.464 e. The van der Waals surface area contributed by atoms with Crippen LogP contribution in [0.2, 0.25) is 0 Å². The first-order valence-electron chi connectivity index (χ1n) is 5.24. The van der Waals surface area contributed by atoms with E-state index in [-0.39, 0.29) is 13.2 Å². The van der Waals surface area contributed by atoms with Gasteiger partial charge in [0.05, 0.1) is 13.2 Å². The number of thiophene rings is 1.